The van der Waals surface area contributed by atoms with Crippen LogP contribution in [0.1, 0.15) is 46.8 Å². The maximum atomic E-state index is 12.6. The highest BCUT2D eigenvalue weighted by atomic mass is 16.6. The lowest BCUT2D eigenvalue weighted by molar-refractivity contribution is -0.0335. The van der Waals surface area contributed by atoms with Gasteiger partial charge in [-0.15, -0.1) is 0 Å². The largest absolute Gasteiger partial charge is 0.456 e. The number of hydrogen-bond acceptors (Lipinski definition) is 5. The minimum atomic E-state index is -1.01. The van der Waals surface area contributed by atoms with Crippen molar-refractivity contribution < 1.29 is 24.2 Å². The molecule has 1 aromatic carbocycles. The third-order valence-electron chi connectivity index (χ3n) is 4.20. The standard InChI is InChI=1S/C18H25NO5/c1-5-6-14(16(20)13-9-23-18(22)19-13)24-17(21)15-11(3)7-10(2)8-12(15)4/h7-8,13-14,16,20H,5-6,9H2,1-4H3,(H,19,22)/t13-,14-,16-/m1/s1. The summed E-state index contributed by atoms with van der Waals surface area (Å²) >= 11 is 0. The molecule has 1 heterocycles. The van der Waals surface area contributed by atoms with Gasteiger partial charge < -0.3 is 19.9 Å². The summed E-state index contributed by atoms with van der Waals surface area (Å²) < 4.78 is 10.4. The molecule has 0 bridgehead atoms. The van der Waals surface area contributed by atoms with Gasteiger partial charge in [-0.05, 0) is 38.3 Å². The molecule has 24 heavy (non-hydrogen) atoms. The number of carbonyl (C=O) groups is 2. The summed E-state index contributed by atoms with van der Waals surface area (Å²) in [5, 5.41) is 13.0. The average molecular weight is 335 g/mol. The van der Waals surface area contributed by atoms with Crippen molar-refractivity contribution in [1.29, 1.82) is 0 Å². The minimum absolute atomic E-state index is 0.0698. The Hall–Kier alpha value is -2.08. The number of rotatable bonds is 6. The second-order valence-electron chi connectivity index (χ2n) is 6.35. The fourth-order valence-electron chi connectivity index (χ4n) is 3.13. The van der Waals surface area contributed by atoms with E-state index in [-0.39, 0.29) is 6.61 Å². The highest BCUT2D eigenvalue weighted by Gasteiger charge is 2.36. The van der Waals surface area contributed by atoms with Gasteiger partial charge in [0.25, 0.3) is 0 Å². The second-order valence-corrected chi connectivity index (χ2v) is 6.35. The molecule has 0 saturated carbocycles. The van der Waals surface area contributed by atoms with Gasteiger partial charge >= 0.3 is 12.1 Å². The maximum Gasteiger partial charge on any atom is 0.407 e. The maximum absolute atomic E-state index is 12.6. The van der Waals surface area contributed by atoms with Crippen LogP contribution in [-0.4, -0.2) is 42.0 Å². The molecule has 132 valence electrons. The molecule has 6 nitrogen and oxygen atoms in total. The first kappa shape index (κ1) is 18.3. The van der Waals surface area contributed by atoms with Crippen LogP contribution in [0.15, 0.2) is 12.1 Å². The van der Waals surface area contributed by atoms with E-state index < -0.39 is 30.3 Å². The van der Waals surface area contributed by atoms with Gasteiger partial charge in [-0.2, -0.15) is 0 Å². The number of esters is 1. The number of carbonyl (C=O) groups excluding carboxylic acids is 2. The Morgan fingerprint density at radius 3 is 2.50 bits per heavy atom. The van der Waals surface area contributed by atoms with Crippen LogP contribution in [-0.2, 0) is 9.47 Å². The van der Waals surface area contributed by atoms with Gasteiger partial charge in [-0.1, -0.05) is 31.0 Å². The van der Waals surface area contributed by atoms with E-state index >= 15 is 0 Å². The number of benzene rings is 1. The molecule has 0 unspecified atom stereocenters. The normalized spacial score (nSPS) is 19.4. The molecule has 1 aliphatic rings. The quantitative estimate of drug-likeness (QED) is 0.780. The van der Waals surface area contributed by atoms with Gasteiger partial charge in [0.15, 0.2) is 0 Å². The molecule has 1 fully saturated rings. The zero-order valence-electron chi connectivity index (χ0n) is 14.6. The van der Waals surface area contributed by atoms with Crippen molar-refractivity contribution >= 4 is 12.1 Å². The van der Waals surface area contributed by atoms with Crippen LogP contribution in [0.4, 0.5) is 4.79 Å². The summed E-state index contributed by atoms with van der Waals surface area (Å²) in [6.07, 6.45) is -1.03. The van der Waals surface area contributed by atoms with Crippen molar-refractivity contribution in [3.8, 4) is 0 Å². The minimum Gasteiger partial charge on any atom is -0.456 e. The van der Waals surface area contributed by atoms with Crippen LogP contribution >= 0.6 is 0 Å². The molecule has 0 spiro atoms. The number of aryl methyl sites for hydroxylation is 3. The zero-order chi connectivity index (χ0) is 17.9. The number of aliphatic hydroxyl groups is 1. The van der Waals surface area contributed by atoms with Gasteiger partial charge in [0.2, 0.25) is 0 Å². The summed E-state index contributed by atoms with van der Waals surface area (Å²) in [4.78, 5) is 23.8. The van der Waals surface area contributed by atoms with Crippen molar-refractivity contribution in [2.24, 2.45) is 0 Å². The predicted molar refractivity (Wildman–Crippen MR) is 89.0 cm³/mol. The van der Waals surface area contributed by atoms with Gasteiger partial charge in [0, 0.05) is 0 Å². The Kier molecular flexibility index (Phi) is 5.83. The molecule has 1 aromatic rings. The fraction of sp³-hybridized carbons (Fsp3) is 0.556. The second kappa shape index (κ2) is 7.66. The van der Waals surface area contributed by atoms with E-state index in [9.17, 15) is 14.7 Å². The first-order valence-corrected chi connectivity index (χ1v) is 8.23. The molecule has 2 rings (SSSR count). The van der Waals surface area contributed by atoms with Crippen LogP contribution in [0.3, 0.4) is 0 Å². The van der Waals surface area contributed by atoms with Gasteiger partial charge in [-0.3, -0.25) is 0 Å². The van der Waals surface area contributed by atoms with Crippen molar-refractivity contribution in [3.05, 3.63) is 34.4 Å². The van der Waals surface area contributed by atoms with E-state index in [0.29, 0.717) is 12.0 Å². The van der Waals surface area contributed by atoms with E-state index in [0.717, 1.165) is 23.1 Å². The monoisotopic (exact) mass is 335 g/mol. The average Bonchev–Trinajstić information content (AvgIpc) is 2.91. The highest BCUT2D eigenvalue weighted by molar-refractivity contribution is 5.93. The van der Waals surface area contributed by atoms with Crippen LogP contribution in [0.2, 0.25) is 0 Å². The summed E-state index contributed by atoms with van der Waals surface area (Å²) in [7, 11) is 0. The van der Waals surface area contributed by atoms with E-state index in [1.165, 1.54) is 0 Å². The number of nitrogens with one attached hydrogen (secondary N) is 1. The van der Waals surface area contributed by atoms with Gasteiger partial charge in [0.05, 0.1) is 11.6 Å². The van der Waals surface area contributed by atoms with E-state index in [4.69, 9.17) is 9.47 Å². The molecule has 0 radical (unpaired) electrons. The lowest BCUT2D eigenvalue weighted by Crippen LogP contribution is -2.46. The molecule has 1 aliphatic heterocycles. The van der Waals surface area contributed by atoms with Gasteiger partial charge in [-0.25, -0.2) is 9.59 Å². The fourth-order valence-corrected chi connectivity index (χ4v) is 3.13. The molecular weight excluding hydrogens is 310 g/mol. The third kappa shape index (κ3) is 4.06. The first-order valence-electron chi connectivity index (χ1n) is 8.23. The Balaban J connectivity index is 2.15. The summed E-state index contributed by atoms with van der Waals surface area (Å²) in [6.45, 7) is 7.72. The number of alkyl carbamates (subject to hydrolysis) is 1. The lowest BCUT2D eigenvalue weighted by atomic mass is 9.99. The van der Waals surface area contributed by atoms with Crippen LogP contribution in [0.25, 0.3) is 0 Å². The van der Waals surface area contributed by atoms with Crippen molar-refractivity contribution in [2.45, 2.75) is 58.8 Å². The van der Waals surface area contributed by atoms with Gasteiger partial charge in [0.1, 0.15) is 18.8 Å². The Bertz CT molecular complexity index is 605. The number of aliphatic hydroxyl groups excluding tert-OH is 1. The predicted octanol–water partition coefficient (Wildman–Crippen LogP) is 2.41. The number of cyclic esters (lactones) is 1. The SMILES string of the molecule is CCC[C@@H](OC(=O)c1c(C)cc(C)cc1C)[C@H](O)[C@H]1COC(=O)N1. The zero-order valence-corrected chi connectivity index (χ0v) is 14.6. The Morgan fingerprint density at radius 1 is 1.38 bits per heavy atom. The van der Waals surface area contributed by atoms with Crippen molar-refractivity contribution in [1.82, 2.24) is 5.32 Å². The topological polar surface area (TPSA) is 84.9 Å². The number of hydrogen-bond donors (Lipinski definition) is 2. The highest BCUT2D eigenvalue weighted by Crippen LogP contribution is 2.21. The molecule has 6 heteroatoms. The molecule has 1 saturated heterocycles. The van der Waals surface area contributed by atoms with Crippen LogP contribution in [0.5, 0.6) is 0 Å². The van der Waals surface area contributed by atoms with E-state index in [1.807, 2.05) is 39.8 Å². The van der Waals surface area contributed by atoms with Crippen molar-refractivity contribution in [2.75, 3.05) is 6.61 Å². The Morgan fingerprint density at radius 2 is 2.00 bits per heavy atom. The molecule has 0 aliphatic carbocycles. The molecule has 2 N–H and O–H groups in total. The molecule has 0 aromatic heterocycles. The Labute approximate surface area is 142 Å². The summed E-state index contributed by atoms with van der Waals surface area (Å²) in [5.74, 6) is -0.451. The lowest BCUT2D eigenvalue weighted by Gasteiger charge is -2.26. The van der Waals surface area contributed by atoms with Crippen molar-refractivity contribution in [3.63, 3.8) is 0 Å². The third-order valence-corrected chi connectivity index (χ3v) is 4.20. The number of amides is 1. The van der Waals surface area contributed by atoms with Crippen LogP contribution < -0.4 is 5.32 Å². The van der Waals surface area contributed by atoms with E-state index in [2.05, 4.69) is 5.32 Å². The van der Waals surface area contributed by atoms with E-state index in [1.54, 1.807) is 0 Å². The number of ether oxygens (including phenoxy) is 2. The smallest absolute Gasteiger partial charge is 0.407 e. The summed E-state index contributed by atoms with van der Waals surface area (Å²) in [6, 6.07) is 3.29. The molecule has 1 amide bonds. The van der Waals surface area contributed by atoms with Crippen LogP contribution in [0, 0.1) is 20.8 Å². The molecular formula is C18H25NO5. The molecule has 3 atom stereocenters. The summed E-state index contributed by atoms with van der Waals surface area (Å²) in [5.41, 5.74) is 3.30. The first-order chi connectivity index (χ1) is 11.3.